The largest absolute Gasteiger partial charge is 0.454 e. The number of alkyl halides is 1. The molecule has 0 radical (unpaired) electrons. The molecule has 5 aromatic rings. The zero-order chi connectivity index (χ0) is 30.2. The maximum atomic E-state index is 15.2. The van der Waals surface area contributed by atoms with E-state index in [9.17, 15) is 26.4 Å². The second-order valence-electron chi connectivity index (χ2n) is 9.35. The number of nitrogens with one attached hydrogen (secondary N) is 2. The van der Waals surface area contributed by atoms with E-state index in [4.69, 9.17) is 10.5 Å². The highest BCUT2D eigenvalue weighted by atomic mass is 32.2. The van der Waals surface area contributed by atoms with Crippen molar-refractivity contribution in [2.75, 3.05) is 22.9 Å². The summed E-state index contributed by atoms with van der Waals surface area (Å²) >= 11 is 0. The predicted octanol–water partition coefficient (Wildman–Crippen LogP) is 5.79. The molecule has 0 unspecified atom stereocenters. The number of hydrogen-bond donors (Lipinski definition) is 3. The number of nitrogen functional groups attached to an aromatic ring is 1. The van der Waals surface area contributed by atoms with Crippen LogP contribution in [0.4, 0.5) is 29.1 Å². The van der Waals surface area contributed by atoms with Gasteiger partial charge in [-0.3, -0.25) is 13.9 Å². The van der Waals surface area contributed by atoms with Crippen LogP contribution in [0.3, 0.4) is 0 Å². The van der Waals surface area contributed by atoms with Gasteiger partial charge in [0.15, 0.2) is 17.4 Å². The van der Waals surface area contributed by atoms with Crippen LogP contribution in [0.5, 0.6) is 11.5 Å². The number of fused-ring (bicyclic) bond motifs is 1. The molecule has 2 aromatic heterocycles. The second kappa shape index (κ2) is 11.2. The van der Waals surface area contributed by atoms with Gasteiger partial charge >= 0.3 is 0 Å². The number of hydrogen-bond acceptors (Lipinski definition) is 6. The lowest BCUT2D eigenvalue weighted by Gasteiger charge is -2.13. The van der Waals surface area contributed by atoms with Crippen LogP contribution >= 0.6 is 0 Å². The molecule has 2 heterocycles. The molecule has 4 N–H and O–H groups in total. The number of carbonyl (C=O) groups excluding carboxylic acids is 1. The van der Waals surface area contributed by atoms with Gasteiger partial charge in [-0.1, -0.05) is 12.1 Å². The van der Waals surface area contributed by atoms with E-state index in [-0.39, 0.29) is 57.3 Å². The summed E-state index contributed by atoms with van der Waals surface area (Å²) in [6.07, 6.45) is 0.904. The Morgan fingerprint density at radius 2 is 1.83 bits per heavy atom. The SMILES string of the molecule is Cc1cc(Oc2ccccc2F)cc(F)c1-n1ncc(C(=O)c2cc3cc(F)c(NS(=O)(=O)CCCF)cc3[nH]2)c1N. The minimum atomic E-state index is -3.99. The molecule has 3 aromatic carbocycles. The average Bonchev–Trinajstić information content (AvgIpc) is 3.51. The highest BCUT2D eigenvalue weighted by molar-refractivity contribution is 7.92. The minimum Gasteiger partial charge on any atom is -0.454 e. The van der Waals surface area contributed by atoms with E-state index in [1.54, 1.807) is 13.0 Å². The molecule has 0 amide bonds. The zero-order valence-corrected chi connectivity index (χ0v) is 22.7. The quantitative estimate of drug-likeness (QED) is 0.137. The van der Waals surface area contributed by atoms with Crippen LogP contribution in [0, 0.1) is 24.4 Å². The number of sulfonamides is 1. The Hall–Kier alpha value is -4.85. The van der Waals surface area contributed by atoms with Gasteiger partial charge in [-0.25, -0.2) is 26.3 Å². The molecule has 0 fully saturated rings. The molecule has 9 nitrogen and oxygen atoms in total. The molecule has 42 heavy (non-hydrogen) atoms. The summed E-state index contributed by atoms with van der Waals surface area (Å²) < 4.78 is 88.9. The number of benzene rings is 3. The lowest BCUT2D eigenvalue weighted by Crippen LogP contribution is -2.17. The van der Waals surface area contributed by atoms with E-state index < -0.39 is 45.7 Å². The van der Waals surface area contributed by atoms with Gasteiger partial charge in [0.25, 0.3) is 0 Å². The Morgan fingerprint density at radius 3 is 2.55 bits per heavy atom. The first kappa shape index (κ1) is 28.7. The number of H-pyrrole nitrogens is 1. The monoisotopic (exact) mass is 601 g/mol. The third kappa shape index (κ3) is 5.65. The van der Waals surface area contributed by atoms with Crippen LogP contribution in [-0.2, 0) is 10.0 Å². The van der Waals surface area contributed by atoms with Gasteiger partial charge < -0.3 is 15.5 Å². The molecular weight excluding hydrogens is 578 g/mol. The summed E-state index contributed by atoms with van der Waals surface area (Å²) in [5.74, 6) is -3.72. The standard InChI is InChI=1S/C28H23F4N5O4S/c1-15-9-17(41-25-6-3-2-5-19(25)30)12-21(32)26(15)37-28(33)18(14-34-37)27(38)24-11-16-10-20(31)23(13-22(16)35-24)36-42(39,40)8-4-7-29/h2-3,5-6,9-14,35-36H,4,7-8,33H2,1H3. The van der Waals surface area contributed by atoms with Crippen molar-refractivity contribution < 1.29 is 35.5 Å². The van der Waals surface area contributed by atoms with Crippen molar-refractivity contribution >= 4 is 38.2 Å². The number of rotatable bonds is 10. The molecular formula is C28H23F4N5O4S. The fourth-order valence-electron chi connectivity index (χ4n) is 4.36. The van der Waals surface area contributed by atoms with Crippen molar-refractivity contribution in [2.24, 2.45) is 0 Å². The first-order chi connectivity index (χ1) is 20.0. The van der Waals surface area contributed by atoms with Crippen LogP contribution < -0.4 is 15.2 Å². The average molecular weight is 602 g/mol. The molecule has 0 saturated heterocycles. The van der Waals surface area contributed by atoms with Gasteiger partial charge in [-0.15, -0.1) is 0 Å². The first-order valence-corrected chi connectivity index (χ1v) is 14.1. The maximum absolute atomic E-state index is 15.2. The van der Waals surface area contributed by atoms with Crippen LogP contribution in [0.2, 0.25) is 0 Å². The number of carbonyl (C=O) groups is 1. The van der Waals surface area contributed by atoms with Crippen LogP contribution in [0.25, 0.3) is 16.6 Å². The van der Waals surface area contributed by atoms with Gasteiger partial charge in [0.2, 0.25) is 15.8 Å². The summed E-state index contributed by atoms with van der Waals surface area (Å²) in [5, 5.41) is 4.35. The molecule has 0 aliphatic rings. The summed E-state index contributed by atoms with van der Waals surface area (Å²) in [4.78, 5) is 16.1. The fraction of sp³-hybridized carbons (Fsp3) is 0.143. The normalized spacial score (nSPS) is 11.6. The van der Waals surface area contributed by atoms with Crippen molar-refractivity contribution in [1.82, 2.24) is 14.8 Å². The highest BCUT2D eigenvalue weighted by Crippen LogP contribution is 2.32. The number of halogens is 4. The van der Waals surface area contributed by atoms with E-state index >= 15 is 4.39 Å². The topological polar surface area (TPSA) is 132 Å². The van der Waals surface area contributed by atoms with Crippen LogP contribution in [0.1, 0.15) is 28.0 Å². The van der Waals surface area contributed by atoms with Gasteiger partial charge in [0.05, 0.1) is 35.6 Å². The molecule has 5 rings (SSSR count). The number of anilines is 2. The number of nitrogens with two attached hydrogens (primary N) is 1. The van der Waals surface area contributed by atoms with Crippen molar-refractivity contribution in [3.05, 3.63) is 95.1 Å². The van der Waals surface area contributed by atoms with E-state index in [1.165, 1.54) is 36.4 Å². The lowest BCUT2D eigenvalue weighted by atomic mass is 10.1. The number of aromatic nitrogens is 3. The highest BCUT2D eigenvalue weighted by Gasteiger charge is 2.23. The number of aromatic amines is 1. The molecule has 0 spiro atoms. The fourth-order valence-corrected chi connectivity index (χ4v) is 5.44. The van der Waals surface area contributed by atoms with Crippen molar-refractivity contribution in [1.29, 1.82) is 0 Å². The third-order valence-corrected chi connectivity index (χ3v) is 7.68. The van der Waals surface area contributed by atoms with E-state index in [0.29, 0.717) is 5.56 Å². The Kier molecular flexibility index (Phi) is 7.65. The van der Waals surface area contributed by atoms with E-state index in [2.05, 4.69) is 14.8 Å². The summed E-state index contributed by atoms with van der Waals surface area (Å²) in [6, 6.07) is 11.7. The van der Waals surface area contributed by atoms with Crippen molar-refractivity contribution in [3.63, 3.8) is 0 Å². The molecule has 14 heteroatoms. The minimum absolute atomic E-state index is 0.0149. The molecule has 0 bridgehead atoms. The third-order valence-electron chi connectivity index (χ3n) is 6.32. The van der Waals surface area contributed by atoms with E-state index in [0.717, 1.165) is 23.0 Å². The van der Waals surface area contributed by atoms with Gasteiger partial charge in [-0.05, 0) is 55.3 Å². The number of ketones is 1. The van der Waals surface area contributed by atoms with Crippen molar-refractivity contribution in [2.45, 2.75) is 13.3 Å². The molecule has 0 saturated carbocycles. The second-order valence-corrected chi connectivity index (χ2v) is 11.2. The molecule has 218 valence electrons. The number of aryl methyl sites for hydroxylation is 1. The molecule has 0 atom stereocenters. The van der Waals surface area contributed by atoms with Gasteiger partial charge in [0.1, 0.15) is 23.1 Å². The first-order valence-electron chi connectivity index (χ1n) is 12.5. The van der Waals surface area contributed by atoms with Crippen molar-refractivity contribution in [3.8, 4) is 17.2 Å². The smallest absolute Gasteiger partial charge is 0.232 e. The zero-order valence-electron chi connectivity index (χ0n) is 21.9. The Balaban J connectivity index is 1.42. The molecule has 0 aliphatic heterocycles. The molecule has 0 aliphatic carbocycles. The Bertz CT molecular complexity index is 1920. The summed E-state index contributed by atoms with van der Waals surface area (Å²) in [7, 11) is -3.99. The van der Waals surface area contributed by atoms with E-state index in [1.807, 2.05) is 0 Å². The van der Waals surface area contributed by atoms with Gasteiger partial charge in [-0.2, -0.15) is 5.10 Å². The number of para-hydroxylation sites is 1. The Labute approximate surface area is 237 Å². The lowest BCUT2D eigenvalue weighted by molar-refractivity contribution is 0.103. The van der Waals surface area contributed by atoms with Gasteiger partial charge in [0, 0.05) is 17.0 Å². The summed E-state index contributed by atoms with van der Waals surface area (Å²) in [6.45, 7) is 0.719. The van der Waals surface area contributed by atoms with Crippen LogP contribution in [-0.4, -0.2) is 41.4 Å². The van der Waals surface area contributed by atoms with Crippen LogP contribution in [0.15, 0.2) is 60.8 Å². The number of ether oxygens (including phenoxy) is 1. The summed E-state index contributed by atoms with van der Waals surface area (Å²) in [5.41, 5.74) is 6.24. The Morgan fingerprint density at radius 1 is 1.07 bits per heavy atom. The predicted molar refractivity (Wildman–Crippen MR) is 149 cm³/mol. The number of nitrogens with zero attached hydrogens (tertiary/aromatic N) is 2. The maximum Gasteiger partial charge on any atom is 0.232 e.